The van der Waals surface area contributed by atoms with Crippen LogP contribution in [0.25, 0.3) is 6.08 Å². The van der Waals surface area contributed by atoms with Crippen LogP contribution >= 0.6 is 10.5 Å². The van der Waals surface area contributed by atoms with Crippen LogP contribution in [0.4, 0.5) is 0 Å². The molecule has 0 saturated carbocycles. The first-order chi connectivity index (χ1) is 7.36. The Balaban J connectivity index is 2.50. The monoisotopic (exact) mass is 212 g/mol. The lowest BCUT2D eigenvalue weighted by Gasteiger charge is -2.12. The van der Waals surface area contributed by atoms with Gasteiger partial charge in [0, 0.05) is 9.41 Å². The second-order valence-electron chi connectivity index (χ2n) is 3.73. The molecule has 0 aromatic heterocycles. The van der Waals surface area contributed by atoms with E-state index in [1.165, 1.54) is 20.2 Å². The zero-order chi connectivity index (χ0) is 10.3. The number of hydrogen-bond acceptors (Lipinski definition) is 0. The van der Waals surface area contributed by atoms with Crippen LogP contribution in [-0.2, 0) is 0 Å². The summed E-state index contributed by atoms with van der Waals surface area (Å²) in [5.74, 6) is 0. The van der Waals surface area contributed by atoms with Gasteiger partial charge in [-0.25, -0.2) is 0 Å². The lowest BCUT2D eigenvalue weighted by molar-refractivity contribution is 1.39. The molecule has 1 aliphatic rings. The van der Waals surface area contributed by atoms with E-state index in [4.69, 9.17) is 0 Å². The van der Waals surface area contributed by atoms with Crippen LogP contribution in [0.3, 0.4) is 0 Å². The zero-order valence-corrected chi connectivity index (χ0v) is 9.42. The molecule has 1 unspecified atom stereocenters. The smallest absolute Gasteiger partial charge is 0.00925 e. The van der Waals surface area contributed by atoms with E-state index >= 15 is 0 Å². The fourth-order valence-corrected chi connectivity index (χ4v) is 3.81. The molecule has 15 heavy (non-hydrogen) atoms. The van der Waals surface area contributed by atoms with Crippen LogP contribution in [0.5, 0.6) is 0 Å². The van der Waals surface area contributed by atoms with Crippen molar-refractivity contribution in [2.24, 2.45) is 0 Å². The normalized spacial score (nSPS) is 17.5. The molecule has 1 heteroatoms. The highest BCUT2D eigenvalue weighted by atomic mass is 32.2. The Labute approximate surface area is 91.8 Å². The minimum absolute atomic E-state index is 0.229. The van der Waals surface area contributed by atoms with Gasteiger partial charge in [-0.1, -0.05) is 36.4 Å². The highest BCUT2D eigenvalue weighted by Gasteiger charge is 2.05. The Morgan fingerprint density at radius 3 is 2.53 bits per heavy atom. The maximum Gasteiger partial charge on any atom is 0.00925 e. The predicted molar refractivity (Wildman–Crippen MR) is 66.7 cm³/mol. The van der Waals surface area contributed by atoms with Gasteiger partial charge < -0.3 is 0 Å². The summed E-state index contributed by atoms with van der Waals surface area (Å²) >= 11 is 0. The maximum atomic E-state index is 2.31. The molecule has 2 aromatic carbocycles. The van der Waals surface area contributed by atoms with Gasteiger partial charge in [0.25, 0.3) is 0 Å². The minimum Gasteiger partial charge on any atom is -0.149 e. The predicted octanol–water partition coefficient (Wildman–Crippen LogP) is 3.04. The molecule has 0 saturated heterocycles. The summed E-state index contributed by atoms with van der Waals surface area (Å²) in [6, 6.07) is 17.4. The van der Waals surface area contributed by atoms with Crippen molar-refractivity contribution < 1.29 is 0 Å². The molecule has 2 aromatic rings. The highest BCUT2D eigenvalue weighted by Crippen LogP contribution is 2.31. The van der Waals surface area contributed by atoms with E-state index in [-0.39, 0.29) is 10.5 Å². The van der Waals surface area contributed by atoms with Crippen molar-refractivity contribution in [3.63, 3.8) is 0 Å². The maximum absolute atomic E-state index is 2.31. The number of benzene rings is 2. The van der Waals surface area contributed by atoms with Gasteiger partial charge in [-0.2, -0.15) is 0 Å². The van der Waals surface area contributed by atoms with Crippen molar-refractivity contribution in [1.29, 1.82) is 0 Å². The molecule has 0 spiro atoms. The third kappa shape index (κ3) is 1.35. The van der Waals surface area contributed by atoms with Gasteiger partial charge in [0.05, 0.1) is 0 Å². The largest absolute Gasteiger partial charge is 0.149 e. The van der Waals surface area contributed by atoms with Crippen molar-refractivity contribution in [2.75, 3.05) is 6.26 Å². The second kappa shape index (κ2) is 3.35. The van der Waals surface area contributed by atoms with E-state index in [2.05, 4.69) is 60.9 Å². The van der Waals surface area contributed by atoms with Gasteiger partial charge in [-0.3, -0.25) is 0 Å². The molecular weight excluding hydrogens is 200 g/mol. The van der Waals surface area contributed by atoms with E-state index < -0.39 is 0 Å². The average Bonchev–Trinajstić information content (AvgIpc) is 2.30. The summed E-state index contributed by atoms with van der Waals surface area (Å²) in [4.78, 5) is 1.47. The molecule has 0 fully saturated rings. The summed E-state index contributed by atoms with van der Waals surface area (Å²) in [7, 11) is 0.229. The molecule has 1 atom stereocenters. The van der Waals surface area contributed by atoms with E-state index in [1.807, 2.05) is 0 Å². The molecule has 0 bridgehead atoms. The highest BCUT2D eigenvalue weighted by molar-refractivity contribution is 8.09. The van der Waals surface area contributed by atoms with Gasteiger partial charge in [-0.15, -0.1) is 10.5 Å². The summed E-state index contributed by atoms with van der Waals surface area (Å²) in [5.41, 5.74) is 1.38. The van der Waals surface area contributed by atoms with Crippen molar-refractivity contribution in [2.45, 2.75) is 4.90 Å². The Bertz CT molecular complexity index is 638. The molecule has 0 nitrogen and oxygen atoms in total. The second-order valence-corrected chi connectivity index (χ2v) is 5.63. The van der Waals surface area contributed by atoms with Crippen LogP contribution in [0.2, 0.25) is 0 Å². The van der Waals surface area contributed by atoms with Gasteiger partial charge in [0.15, 0.2) is 0 Å². The fraction of sp³-hybridized carbons (Fsp3) is 0.0714. The van der Waals surface area contributed by atoms with Crippen LogP contribution in [0.15, 0.2) is 53.4 Å². The first-order valence-corrected chi connectivity index (χ1v) is 6.68. The lowest BCUT2D eigenvalue weighted by Crippen LogP contribution is -2.06. The van der Waals surface area contributed by atoms with E-state index in [0.29, 0.717) is 0 Å². The third-order valence-corrected chi connectivity index (χ3v) is 4.87. The first kappa shape index (κ1) is 8.93. The van der Waals surface area contributed by atoms with Gasteiger partial charge in [-0.05, 0) is 35.2 Å². The van der Waals surface area contributed by atoms with Crippen LogP contribution < -0.4 is 5.22 Å². The summed E-state index contributed by atoms with van der Waals surface area (Å²) in [5, 5.41) is 1.38. The Hall–Kier alpha value is -1.34. The van der Waals surface area contributed by atoms with E-state index in [0.717, 1.165) is 0 Å². The van der Waals surface area contributed by atoms with Crippen molar-refractivity contribution in [3.05, 3.63) is 63.8 Å². The number of rotatable bonds is 0. The van der Waals surface area contributed by atoms with E-state index in [9.17, 15) is 0 Å². The van der Waals surface area contributed by atoms with Crippen LogP contribution in [0.1, 0.15) is 5.56 Å². The standard InChI is InChI=1S/C14H12S/c1-15-13-8-4-2-6-11(13)10-12-7-3-5-9-14(12)15/h2-10H,1H3. The Kier molecular flexibility index (Phi) is 2.00. The molecule has 3 rings (SSSR count). The summed E-state index contributed by atoms with van der Waals surface area (Å²) < 4.78 is 1.47. The van der Waals surface area contributed by atoms with E-state index in [1.54, 1.807) is 0 Å². The zero-order valence-electron chi connectivity index (χ0n) is 8.60. The molecular formula is C14H12S. The Morgan fingerprint density at radius 1 is 0.867 bits per heavy atom. The van der Waals surface area contributed by atoms with Crippen molar-refractivity contribution >= 4 is 16.6 Å². The van der Waals surface area contributed by atoms with Gasteiger partial charge in [0.1, 0.15) is 0 Å². The molecule has 74 valence electrons. The van der Waals surface area contributed by atoms with Gasteiger partial charge in [0.2, 0.25) is 0 Å². The molecule has 0 aliphatic carbocycles. The number of hydrogen-bond donors (Lipinski definition) is 0. The van der Waals surface area contributed by atoms with Gasteiger partial charge >= 0.3 is 0 Å². The number of fused-ring (bicyclic) bond motifs is 2. The molecule has 1 heterocycles. The SMILES string of the molecule is CS1=c2ccccc2=Cc2ccccc21. The molecule has 0 N–H and O–H groups in total. The Morgan fingerprint density at radius 2 is 1.60 bits per heavy atom. The fourth-order valence-electron chi connectivity index (χ4n) is 2.04. The molecule has 0 radical (unpaired) electrons. The van der Waals surface area contributed by atoms with Crippen molar-refractivity contribution in [3.8, 4) is 0 Å². The van der Waals surface area contributed by atoms with Crippen LogP contribution in [0, 0.1) is 4.51 Å². The lowest BCUT2D eigenvalue weighted by atomic mass is 10.1. The summed E-state index contributed by atoms with van der Waals surface area (Å²) in [6.45, 7) is 0. The minimum atomic E-state index is 0.229. The quantitative estimate of drug-likeness (QED) is 0.589. The molecule has 1 aliphatic heterocycles. The van der Waals surface area contributed by atoms with Crippen molar-refractivity contribution in [1.82, 2.24) is 0 Å². The first-order valence-electron chi connectivity index (χ1n) is 5.05. The topological polar surface area (TPSA) is 0 Å². The summed E-state index contributed by atoms with van der Waals surface area (Å²) in [6.07, 6.45) is 4.60. The third-order valence-electron chi connectivity index (χ3n) is 2.81. The van der Waals surface area contributed by atoms with Crippen LogP contribution in [-0.4, -0.2) is 6.26 Å². The molecule has 0 amide bonds. The average molecular weight is 212 g/mol.